The predicted molar refractivity (Wildman–Crippen MR) is 110 cm³/mol. The molecule has 0 aliphatic carbocycles. The quantitative estimate of drug-likeness (QED) is 0.357. The molecule has 3 rings (SSSR count). The number of nitrogens with zero attached hydrogens (tertiary/aromatic N) is 2. The van der Waals surface area contributed by atoms with Gasteiger partial charge in [-0.05, 0) is 36.8 Å². The summed E-state index contributed by atoms with van der Waals surface area (Å²) in [4.78, 5) is 11.8. The summed E-state index contributed by atoms with van der Waals surface area (Å²) in [6.07, 6.45) is 0. The number of nitrogens with two attached hydrogens (primary N) is 1. The van der Waals surface area contributed by atoms with Gasteiger partial charge in [0.1, 0.15) is 6.07 Å². The molecule has 0 aliphatic rings. The average molecular weight is 370 g/mol. The topological polar surface area (TPSA) is 112 Å². The summed E-state index contributed by atoms with van der Waals surface area (Å²) in [5, 5.41) is 23.2. The van der Waals surface area contributed by atoms with Gasteiger partial charge in [-0.25, -0.2) is 4.79 Å². The van der Waals surface area contributed by atoms with Crippen molar-refractivity contribution in [2.75, 3.05) is 11.2 Å². The minimum atomic E-state index is -1.21. The van der Waals surface area contributed by atoms with Crippen molar-refractivity contribution in [3.05, 3.63) is 83.4 Å². The molecule has 6 nitrogen and oxygen atoms in total. The number of hydrogen-bond acceptors (Lipinski definition) is 5. The number of hydrazone groups is 1. The Morgan fingerprint density at radius 2 is 1.79 bits per heavy atom. The highest BCUT2D eigenvalue weighted by Crippen LogP contribution is 2.29. The molecule has 138 valence electrons. The summed E-state index contributed by atoms with van der Waals surface area (Å²) in [6, 6.07) is 21.8. The molecule has 0 unspecified atom stereocenters. The Balaban J connectivity index is 2.07. The van der Waals surface area contributed by atoms with E-state index in [1.165, 1.54) is 6.07 Å². The third-order valence-corrected chi connectivity index (χ3v) is 4.19. The maximum absolute atomic E-state index is 11.8. The Morgan fingerprint density at radius 3 is 2.39 bits per heavy atom. The normalized spacial score (nSPS) is 10.9. The molecule has 3 aromatic carbocycles. The van der Waals surface area contributed by atoms with Crippen LogP contribution < -0.4 is 11.2 Å². The molecule has 0 spiro atoms. The van der Waals surface area contributed by atoms with Crippen molar-refractivity contribution in [3.8, 4) is 17.2 Å². The smallest absolute Gasteiger partial charge is 0.356 e. The van der Waals surface area contributed by atoms with Crippen LogP contribution in [0, 0.1) is 18.3 Å². The fourth-order valence-electron chi connectivity index (χ4n) is 2.76. The lowest BCUT2D eigenvalue weighted by atomic mass is 9.95. The first-order chi connectivity index (χ1) is 13.5. The van der Waals surface area contributed by atoms with E-state index in [0.29, 0.717) is 22.4 Å². The zero-order chi connectivity index (χ0) is 20.1. The highest BCUT2D eigenvalue weighted by molar-refractivity contribution is 6.43. The number of carboxylic acid groups (broad SMARTS) is 1. The lowest BCUT2D eigenvalue weighted by Crippen LogP contribution is -2.17. The number of benzene rings is 3. The first-order valence-corrected chi connectivity index (χ1v) is 8.52. The summed E-state index contributed by atoms with van der Waals surface area (Å²) in [7, 11) is 0. The first-order valence-electron chi connectivity index (χ1n) is 8.52. The number of hydrogen-bond donors (Lipinski definition) is 3. The lowest BCUT2D eigenvalue weighted by molar-refractivity contribution is -0.129. The summed E-state index contributed by atoms with van der Waals surface area (Å²) in [5.74, 6) is -1.21. The van der Waals surface area contributed by atoms with E-state index in [9.17, 15) is 15.2 Å². The molecule has 6 heteroatoms. The standard InChI is InChI=1S/C22H18N4O2/c1-14-7-9-17(10-8-14)25-26-21(22(27)28)16-11-18(15-5-3-2-4-6-15)19(13-23)20(24)12-16/h2-12,25H,24H2,1H3,(H,27,28)/b26-21+. The molecule has 0 heterocycles. The fourth-order valence-corrected chi connectivity index (χ4v) is 2.76. The number of carbonyl (C=O) groups is 1. The SMILES string of the molecule is Cc1ccc(N/N=C(/C(=O)O)c2cc(N)c(C#N)c(-c3ccccc3)c2)cc1. The Kier molecular flexibility index (Phi) is 5.38. The Hall–Kier alpha value is -4.11. The van der Waals surface area contributed by atoms with E-state index < -0.39 is 5.97 Å². The molecule has 0 saturated heterocycles. The minimum Gasteiger partial charge on any atom is -0.476 e. The molecule has 0 aromatic heterocycles. The van der Waals surface area contributed by atoms with Gasteiger partial charge in [-0.2, -0.15) is 10.4 Å². The van der Waals surface area contributed by atoms with E-state index in [2.05, 4.69) is 16.6 Å². The van der Waals surface area contributed by atoms with Crippen molar-refractivity contribution in [2.24, 2.45) is 5.10 Å². The number of aliphatic carboxylic acids is 1. The van der Waals surface area contributed by atoms with Crippen LogP contribution in [-0.4, -0.2) is 16.8 Å². The molecule has 0 saturated carbocycles. The molecule has 28 heavy (non-hydrogen) atoms. The molecule has 0 amide bonds. The van der Waals surface area contributed by atoms with Gasteiger partial charge in [0.15, 0.2) is 5.71 Å². The first kappa shape index (κ1) is 18.7. The van der Waals surface area contributed by atoms with Crippen molar-refractivity contribution < 1.29 is 9.90 Å². The number of nitrogen functional groups attached to an aromatic ring is 1. The van der Waals surface area contributed by atoms with Gasteiger partial charge in [-0.3, -0.25) is 5.43 Å². The van der Waals surface area contributed by atoms with Crippen LogP contribution in [0.25, 0.3) is 11.1 Å². The maximum Gasteiger partial charge on any atom is 0.356 e. The second-order valence-electron chi connectivity index (χ2n) is 6.21. The van der Waals surface area contributed by atoms with Crippen LogP contribution in [0.3, 0.4) is 0 Å². The van der Waals surface area contributed by atoms with E-state index in [1.54, 1.807) is 18.2 Å². The van der Waals surface area contributed by atoms with Gasteiger partial charge in [0, 0.05) is 11.1 Å². The number of nitriles is 1. The van der Waals surface area contributed by atoms with Gasteiger partial charge in [-0.15, -0.1) is 0 Å². The molecular weight excluding hydrogens is 352 g/mol. The number of aryl methyl sites for hydroxylation is 1. The molecule has 0 atom stereocenters. The van der Waals surface area contributed by atoms with Crippen molar-refractivity contribution in [1.82, 2.24) is 0 Å². The second-order valence-corrected chi connectivity index (χ2v) is 6.21. The molecular formula is C22H18N4O2. The van der Waals surface area contributed by atoms with Crippen molar-refractivity contribution in [1.29, 1.82) is 5.26 Å². The average Bonchev–Trinajstić information content (AvgIpc) is 2.69. The van der Waals surface area contributed by atoms with Crippen LogP contribution >= 0.6 is 0 Å². The summed E-state index contributed by atoms with van der Waals surface area (Å²) >= 11 is 0. The molecule has 0 bridgehead atoms. The number of anilines is 2. The van der Waals surface area contributed by atoms with E-state index in [0.717, 1.165) is 11.1 Å². The molecule has 4 N–H and O–H groups in total. The van der Waals surface area contributed by atoms with E-state index in [1.807, 2.05) is 49.4 Å². The Bertz CT molecular complexity index is 1080. The van der Waals surface area contributed by atoms with Crippen molar-refractivity contribution in [2.45, 2.75) is 6.92 Å². The van der Waals surface area contributed by atoms with Gasteiger partial charge in [0.05, 0.1) is 16.9 Å². The number of carboxylic acids is 1. The highest BCUT2D eigenvalue weighted by atomic mass is 16.4. The maximum atomic E-state index is 11.8. The summed E-state index contributed by atoms with van der Waals surface area (Å²) in [5.41, 5.74) is 12.5. The monoisotopic (exact) mass is 370 g/mol. The zero-order valence-corrected chi connectivity index (χ0v) is 15.2. The van der Waals surface area contributed by atoms with Crippen LogP contribution in [0.4, 0.5) is 11.4 Å². The number of nitrogens with one attached hydrogen (secondary N) is 1. The van der Waals surface area contributed by atoms with Gasteiger partial charge >= 0.3 is 5.97 Å². The van der Waals surface area contributed by atoms with Crippen molar-refractivity contribution in [3.63, 3.8) is 0 Å². The van der Waals surface area contributed by atoms with Crippen molar-refractivity contribution >= 4 is 23.1 Å². The highest BCUT2D eigenvalue weighted by Gasteiger charge is 2.18. The molecule has 0 fully saturated rings. The summed E-state index contributed by atoms with van der Waals surface area (Å²) in [6.45, 7) is 1.96. The Labute approximate surface area is 162 Å². The lowest BCUT2D eigenvalue weighted by Gasteiger charge is -2.11. The van der Waals surface area contributed by atoms with E-state index >= 15 is 0 Å². The fraction of sp³-hybridized carbons (Fsp3) is 0.0455. The van der Waals surface area contributed by atoms with Crippen LogP contribution in [0.15, 0.2) is 71.8 Å². The van der Waals surface area contributed by atoms with E-state index in [-0.39, 0.29) is 11.4 Å². The minimum absolute atomic E-state index is 0.197. The zero-order valence-electron chi connectivity index (χ0n) is 15.2. The second kappa shape index (κ2) is 8.06. The third-order valence-electron chi connectivity index (χ3n) is 4.19. The van der Waals surface area contributed by atoms with Crippen LogP contribution in [-0.2, 0) is 4.79 Å². The third kappa shape index (κ3) is 4.00. The van der Waals surface area contributed by atoms with Crippen LogP contribution in [0.1, 0.15) is 16.7 Å². The van der Waals surface area contributed by atoms with Crippen LogP contribution in [0.2, 0.25) is 0 Å². The molecule has 0 radical (unpaired) electrons. The van der Waals surface area contributed by atoms with Gasteiger partial charge in [0.25, 0.3) is 0 Å². The Morgan fingerprint density at radius 1 is 1.11 bits per heavy atom. The summed E-state index contributed by atoms with van der Waals surface area (Å²) < 4.78 is 0. The molecule has 3 aromatic rings. The largest absolute Gasteiger partial charge is 0.476 e. The van der Waals surface area contributed by atoms with Crippen LogP contribution in [0.5, 0.6) is 0 Å². The van der Waals surface area contributed by atoms with Gasteiger partial charge in [0.2, 0.25) is 0 Å². The number of rotatable bonds is 5. The molecule has 0 aliphatic heterocycles. The van der Waals surface area contributed by atoms with E-state index in [4.69, 9.17) is 5.73 Å². The van der Waals surface area contributed by atoms with Gasteiger partial charge in [-0.1, -0.05) is 48.0 Å². The van der Waals surface area contributed by atoms with Gasteiger partial charge < -0.3 is 10.8 Å². The predicted octanol–water partition coefficient (Wildman–Crippen LogP) is 4.02.